The predicted octanol–water partition coefficient (Wildman–Crippen LogP) is 4.37. The number of aromatic nitrogens is 1. The highest BCUT2D eigenvalue weighted by molar-refractivity contribution is 5.85. The van der Waals surface area contributed by atoms with Gasteiger partial charge in [-0.05, 0) is 62.0 Å². The smallest absolute Gasteiger partial charge is 0.142 e. The molecule has 0 spiro atoms. The van der Waals surface area contributed by atoms with Crippen LogP contribution in [0.15, 0.2) is 24.3 Å². The number of pyridine rings is 1. The van der Waals surface area contributed by atoms with Crippen molar-refractivity contribution in [2.75, 3.05) is 25.4 Å². The van der Waals surface area contributed by atoms with Crippen LogP contribution in [0.25, 0.3) is 11.3 Å². The van der Waals surface area contributed by atoms with Gasteiger partial charge >= 0.3 is 0 Å². The second kappa shape index (κ2) is 10.9. The Hall–Kier alpha value is -2.49. The summed E-state index contributed by atoms with van der Waals surface area (Å²) < 4.78 is 5.94. The number of nitrogen functional groups attached to an aromatic ring is 1. The van der Waals surface area contributed by atoms with Crippen LogP contribution in [0.3, 0.4) is 0 Å². The van der Waals surface area contributed by atoms with E-state index in [2.05, 4.69) is 23.3 Å². The van der Waals surface area contributed by atoms with Gasteiger partial charge < -0.3 is 20.9 Å². The van der Waals surface area contributed by atoms with E-state index in [1.54, 1.807) is 12.1 Å². The van der Waals surface area contributed by atoms with Gasteiger partial charge in [-0.15, -0.1) is 12.4 Å². The molecule has 1 aliphatic heterocycles. The van der Waals surface area contributed by atoms with Gasteiger partial charge in [0, 0.05) is 0 Å². The molecule has 0 amide bonds. The Morgan fingerprint density at radius 1 is 1.31 bits per heavy atom. The van der Waals surface area contributed by atoms with Gasteiger partial charge in [0.25, 0.3) is 0 Å². The summed E-state index contributed by atoms with van der Waals surface area (Å²) in [6.45, 7) is 4.55. The van der Waals surface area contributed by atoms with Gasteiger partial charge in [0.2, 0.25) is 0 Å². The van der Waals surface area contributed by atoms with Crippen molar-refractivity contribution in [3.8, 4) is 28.8 Å². The number of unbranched alkanes of at least 4 members (excludes halogenated alkanes) is 2. The number of halogens is 1. The molecule has 0 unspecified atom stereocenters. The molecule has 29 heavy (non-hydrogen) atoms. The molecular weight excluding hydrogens is 388 g/mol. The molecule has 1 fully saturated rings. The van der Waals surface area contributed by atoms with Crippen LogP contribution in [0, 0.1) is 11.3 Å². The Kier molecular flexibility index (Phi) is 8.56. The van der Waals surface area contributed by atoms with E-state index in [9.17, 15) is 10.4 Å². The molecule has 2 aromatic rings. The average molecular weight is 417 g/mol. The zero-order valence-corrected chi connectivity index (χ0v) is 17.6. The van der Waals surface area contributed by atoms with Crippen molar-refractivity contribution in [3.63, 3.8) is 0 Å². The number of nitrogens with one attached hydrogen (secondary N) is 1. The van der Waals surface area contributed by atoms with Crippen LogP contribution in [0.4, 0.5) is 5.82 Å². The van der Waals surface area contributed by atoms with Crippen molar-refractivity contribution in [2.24, 2.45) is 0 Å². The number of phenolic OH excluding ortho intramolecular Hbond substituents is 1. The summed E-state index contributed by atoms with van der Waals surface area (Å²) in [6, 6.07) is 9.33. The first-order valence-corrected chi connectivity index (χ1v) is 10.0. The Morgan fingerprint density at radius 2 is 2.07 bits per heavy atom. The molecule has 7 heteroatoms. The van der Waals surface area contributed by atoms with Crippen molar-refractivity contribution >= 4 is 18.2 Å². The van der Waals surface area contributed by atoms with Crippen LogP contribution in [0.1, 0.15) is 56.1 Å². The summed E-state index contributed by atoms with van der Waals surface area (Å²) in [5.74, 6) is 1.14. The van der Waals surface area contributed by atoms with Gasteiger partial charge in [-0.1, -0.05) is 25.8 Å². The molecule has 1 aromatic heterocycles. The molecular formula is C22H29ClN4O2. The maximum Gasteiger partial charge on any atom is 0.142 e. The van der Waals surface area contributed by atoms with Gasteiger partial charge in [-0.3, -0.25) is 0 Å². The Bertz CT molecular complexity index is 861. The van der Waals surface area contributed by atoms with Crippen molar-refractivity contribution in [1.29, 1.82) is 5.26 Å². The van der Waals surface area contributed by atoms with Crippen LogP contribution in [0.5, 0.6) is 11.5 Å². The first-order chi connectivity index (χ1) is 13.7. The second-order valence-electron chi connectivity index (χ2n) is 7.20. The molecule has 3 rings (SSSR count). The quantitative estimate of drug-likeness (QED) is 0.579. The maximum absolute atomic E-state index is 10.5. The van der Waals surface area contributed by atoms with Crippen molar-refractivity contribution in [2.45, 2.75) is 44.9 Å². The fraction of sp³-hybridized carbons (Fsp3) is 0.455. The molecule has 156 valence electrons. The molecule has 2 heterocycles. The summed E-state index contributed by atoms with van der Waals surface area (Å²) >= 11 is 0. The van der Waals surface area contributed by atoms with Crippen LogP contribution in [-0.2, 0) is 0 Å². The van der Waals surface area contributed by atoms with Gasteiger partial charge in [0.1, 0.15) is 23.4 Å². The second-order valence-corrected chi connectivity index (χ2v) is 7.20. The third kappa shape index (κ3) is 5.31. The largest absolute Gasteiger partial charge is 0.507 e. The molecule has 1 aliphatic rings. The summed E-state index contributed by atoms with van der Waals surface area (Å²) in [7, 11) is 0. The highest BCUT2D eigenvalue weighted by Gasteiger charge is 2.23. The number of rotatable bonds is 7. The molecule has 0 radical (unpaired) electrons. The zero-order chi connectivity index (χ0) is 19.9. The maximum atomic E-state index is 10.5. The lowest BCUT2D eigenvalue weighted by Gasteiger charge is -2.25. The van der Waals surface area contributed by atoms with E-state index in [0.717, 1.165) is 50.8 Å². The number of hydrogen-bond donors (Lipinski definition) is 3. The summed E-state index contributed by atoms with van der Waals surface area (Å²) in [4.78, 5) is 4.44. The van der Waals surface area contributed by atoms with E-state index in [1.165, 1.54) is 0 Å². The van der Waals surface area contributed by atoms with E-state index in [-0.39, 0.29) is 29.9 Å². The van der Waals surface area contributed by atoms with Crippen molar-refractivity contribution < 1.29 is 9.84 Å². The topological polar surface area (TPSA) is 104 Å². The van der Waals surface area contributed by atoms with Crippen LogP contribution >= 0.6 is 12.4 Å². The van der Waals surface area contributed by atoms with Gasteiger partial charge in [0.05, 0.1) is 23.4 Å². The fourth-order valence-corrected chi connectivity index (χ4v) is 3.72. The number of aromatic hydroxyl groups is 1. The fourth-order valence-electron chi connectivity index (χ4n) is 3.72. The number of phenols is 1. The van der Waals surface area contributed by atoms with Crippen LogP contribution in [0.2, 0.25) is 0 Å². The molecule has 0 aliphatic carbocycles. The normalized spacial score (nSPS) is 14.1. The van der Waals surface area contributed by atoms with Gasteiger partial charge in [0.15, 0.2) is 0 Å². The number of piperidine rings is 1. The Labute approximate surface area is 178 Å². The van der Waals surface area contributed by atoms with E-state index in [1.807, 2.05) is 12.1 Å². The third-order valence-electron chi connectivity index (χ3n) is 5.23. The number of nitriles is 1. The Morgan fingerprint density at radius 3 is 2.76 bits per heavy atom. The first kappa shape index (κ1) is 22.8. The minimum Gasteiger partial charge on any atom is -0.507 e. The predicted molar refractivity (Wildman–Crippen MR) is 118 cm³/mol. The monoisotopic (exact) mass is 416 g/mol. The van der Waals surface area contributed by atoms with Crippen LogP contribution in [-0.4, -0.2) is 29.8 Å². The molecule has 0 bridgehead atoms. The molecule has 1 aromatic carbocycles. The van der Waals surface area contributed by atoms with E-state index in [0.29, 0.717) is 29.2 Å². The number of hydrogen-bond acceptors (Lipinski definition) is 6. The zero-order valence-electron chi connectivity index (χ0n) is 16.8. The van der Waals surface area contributed by atoms with E-state index in [4.69, 9.17) is 10.5 Å². The number of benzene rings is 1. The highest BCUT2D eigenvalue weighted by Crippen LogP contribution is 2.40. The van der Waals surface area contributed by atoms with Crippen LogP contribution < -0.4 is 15.8 Å². The lowest BCUT2D eigenvalue weighted by atomic mass is 9.86. The van der Waals surface area contributed by atoms with Crippen molar-refractivity contribution in [1.82, 2.24) is 10.3 Å². The minimum atomic E-state index is 0. The lowest BCUT2D eigenvalue weighted by molar-refractivity contribution is 0.306. The SMILES string of the molecule is CCCCCOc1cccc(O)c1-c1cc(C2CCNCC2)c(C#N)c(N)n1.Cl. The molecule has 6 nitrogen and oxygen atoms in total. The number of nitrogens with zero attached hydrogens (tertiary/aromatic N) is 2. The van der Waals surface area contributed by atoms with Crippen molar-refractivity contribution in [3.05, 3.63) is 35.4 Å². The number of nitrogens with two attached hydrogens (primary N) is 1. The standard InChI is InChI=1S/C22H28N4O2.ClH/c1-2-3-4-12-28-20-7-5-6-19(27)21(20)18-13-16(15-8-10-25-11-9-15)17(14-23)22(24)26-18;/h5-7,13,15,25,27H,2-4,8-12H2,1H3,(H2,24,26);1H. The summed E-state index contributed by atoms with van der Waals surface area (Å²) in [5, 5.41) is 23.5. The third-order valence-corrected chi connectivity index (χ3v) is 5.23. The number of anilines is 1. The summed E-state index contributed by atoms with van der Waals surface area (Å²) in [6.07, 6.45) is 5.05. The van der Waals surface area contributed by atoms with Gasteiger partial charge in [-0.2, -0.15) is 5.26 Å². The van der Waals surface area contributed by atoms with E-state index < -0.39 is 0 Å². The lowest BCUT2D eigenvalue weighted by Crippen LogP contribution is -2.27. The average Bonchev–Trinajstić information content (AvgIpc) is 2.71. The van der Waals surface area contributed by atoms with E-state index >= 15 is 0 Å². The number of ether oxygens (including phenoxy) is 1. The first-order valence-electron chi connectivity index (χ1n) is 10.0. The molecule has 0 atom stereocenters. The highest BCUT2D eigenvalue weighted by atomic mass is 35.5. The molecule has 0 saturated carbocycles. The minimum absolute atomic E-state index is 0. The summed E-state index contributed by atoms with van der Waals surface area (Å²) in [5.41, 5.74) is 8.58. The molecule has 1 saturated heterocycles. The molecule has 4 N–H and O–H groups in total. The Balaban J connectivity index is 0.00000300. The van der Waals surface area contributed by atoms with Gasteiger partial charge in [-0.25, -0.2) is 4.98 Å².